The fourth-order valence-corrected chi connectivity index (χ4v) is 0. The van der Waals surface area contributed by atoms with Gasteiger partial charge in [0.1, 0.15) is 0 Å². The van der Waals surface area contributed by atoms with E-state index >= 15 is 0 Å². The molecule has 4 heteroatoms. The normalized spacial score (nSPS) is 0. The van der Waals surface area contributed by atoms with Gasteiger partial charge in [-0.2, -0.15) is 13.5 Å². The summed E-state index contributed by atoms with van der Waals surface area (Å²) in [6.45, 7) is 0. The van der Waals surface area contributed by atoms with E-state index < -0.39 is 0 Å². The maximum atomic E-state index is 0. The van der Waals surface area contributed by atoms with E-state index in [0.717, 1.165) is 0 Å². The van der Waals surface area contributed by atoms with Gasteiger partial charge in [0.15, 0.2) is 0 Å². The van der Waals surface area contributed by atoms with Crippen LogP contribution in [0.3, 0.4) is 0 Å². The summed E-state index contributed by atoms with van der Waals surface area (Å²) in [7, 11) is 0. The second kappa shape index (κ2) is 18.1. The molecule has 0 spiro atoms. The maximum Gasteiger partial charge on any atom is 1.00 e. The summed E-state index contributed by atoms with van der Waals surface area (Å²) >= 11 is 0. The van der Waals surface area contributed by atoms with E-state index in [1.807, 2.05) is 0 Å². The standard InChI is InChI=1S/Li.Nb.H2S.Ti.H/h;;1H2;;/q+1;;;;-1. The van der Waals surface area contributed by atoms with E-state index in [1.165, 1.54) is 0 Å². The van der Waals surface area contributed by atoms with Crippen molar-refractivity contribution in [1.82, 2.24) is 0 Å². The molecule has 19 valence electrons. The SMILES string of the molecule is S.[H-].[Li+].[Nb].[Ti]. The molecule has 1 radical (unpaired) electrons. The topological polar surface area (TPSA) is 0 Å². The summed E-state index contributed by atoms with van der Waals surface area (Å²) in [6, 6.07) is 0. The Bertz CT molecular complexity index is 11.6. The summed E-state index contributed by atoms with van der Waals surface area (Å²) in [5.41, 5.74) is 0. The zero-order valence-corrected chi connectivity index (χ0v) is 7.21. The van der Waals surface area contributed by atoms with Crippen LogP contribution in [-0.2, 0) is 44.1 Å². The molecule has 0 nitrogen and oxygen atoms in total. The monoisotopic (exact) mass is 183 g/mol. The zero-order valence-electron chi connectivity index (χ0n) is 3.45. The average molecular weight is 183 g/mol. The fraction of sp³-hybridized carbons (Fsp3) is 0. The van der Waals surface area contributed by atoms with Crippen molar-refractivity contribution < 1.29 is 64.4 Å². The largest absolute Gasteiger partial charge is 1.00 e. The van der Waals surface area contributed by atoms with Gasteiger partial charge in [0.05, 0.1) is 0 Å². The molecule has 0 amide bonds. The van der Waals surface area contributed by atoms with Gasteiger partial charge in [-0.3, -0.25) is 0 Å². The second-order valence-corrected chi connectivity index (χ2v) is 0. The molecule has 0 aromatic heterocycles. The molecule has 0 heterocycles. The van der Waals surface area contributed by atoms with E-state index in [4.69, 9.17) is 0 Å². The fourth-order valence-electron chi connectivity index (χ4n) is 0. The summed E-state index contributed by atoms with van der Waals surface area (Å²) in [5.74, 6) is 0. The van der Waals surface area contributed by atoms with Crippen LogP contribution in [0.5, 0.6) is 0 Å². The first-order valence-corrected chi connectivity index (χ1v) is 0. The molecule has 0 aliphatic carbocycles. The summed E-state index contributed by atoms with van der Waals surface area (Å²) in [6.07, 6.45) is 0. The van der Waals surface area contributed by atoms with Gasteiger partial charge in [-0.25, -0.2) is 0 Å². The van der Waals surface area contributed by atoms with Crippen LogP contribution in [0.4, 0.5) is 0 Å². The van der Waals surface area contributed by atoms with Crippen molar-refractivity contribution in [3.05, 3.63) is 0 Å². The molecular weight excluding hydrogens is 180 g/mol. The molecule has 0 fully saturated rings. The van der Waals surface area contributed by atoms with Crippen LogP contribution in [0.2, 0.25) is 0 Å². The van der Waals surface area contributed by atoms with Crippen LogP contribution in [0.1, 0.15) is 1.43 Å². The predicted octanol–water partition coefficient (Wildman–Crippen LogP) is -2.78. The third kappa shape index (κ3) is 8.83. The smallest absolute Gasteiger partial charge is 1.00 e. The van der Waals surface area contributed by atoms with Crippen LogP contribution < -0.4 is 18.9 Å². The van der Waals surface area contributed by atoms with Gasteiger partial charge in [-0.05, 0) is 0 Å². The van der Waals surface area contributed by atoms with Gasteiger partial charge in [0.2, 0.25) is 0 Å². The molecule has 0 saturated heterocycles. The Morgan fingerprint density at radius 2 is 1.25 bits per heavy atom. The molecule has 0 atom stereocenters. The molecule has 0 bridgehead atoms. The van der Waals surface area contributed by atoms with Crippen LogP contribution in [0, 0.1) is 0 Å². The Morgan fingerprint density at radius 1 is 1.25 bits per heavy atom. The molecule has 0 aliphatic rings. The number of hydrogen-bond acceptors (Lipinski definition) is 0. The third-order valence-electron chi connectivity index (χ3n) is 0. The predicted molar refractivity (Wildman–Crippen MR) is 11.5 cm³/mol. The van der Waals surface area contributed by atoms with Gasteiger partial charge in [-0.1, -0.05) is 0 Å². The Balaban J connectivity index is 0. The zero-order chi connectivity index (χ0) is 0. The van der Waals surface area contributed by atoms with Crippen LogP contribution in [0.25, 0.3) is 0 Å². The van der Waals surface area contributed by atoms with Crippen LogP contribution >= 0.6 is 13.5 Å². The molecule has 4 heavy (non-hydrogen) atoms. The Morgan fingerprint density at radius 3 is 1.25 bits per heavy atom. The first kappa shape index (κ1) is 32.4. The Labute approximate surface area is 77.0 Å². The van der Waals surface area contributed by atoms with Crippen molar-refractivity contribution in [2.24, 2.45) is 0 Å². The van der Waals surface area contributed by atoms with Gasteiger partial charge in [0, 0.05) is 44.1 Å². The Kier molecular flexibility index (Phi) is 147. The molecule has 0 unspecified atom stereocenters. The van der Waals surface area contributed by atoms with Gasteiger partial charge in [-0.15, -0.1) is 0 Å². The van der Waals surface area contributed by atoms with Gasteiger partial charge >= 0.3 is 18.9 Å². The van der Waals surface area contributed by atoms with Crippen molar-refractivity contribution in [2.45, 2.75) is 0 Å². The van der Waals surface area contributed by atoms with Gasteiger partial charge in [0.25, 0.3) is 0 Å². The summed E-state index contributed by atoms with van der Waals surface area (Å²) < 4.78 is 0. The molecular formula is H3LiNbSTi. The quantitative estimate of drug-likeness (QED) is 0.356. The first-order valence-electron chi connectivity index (χ1n) is 0. The average Bonchev–Trinajstić information content (AvgIpc) is 0. The van der Waals surface area contributed by atoms with E-state index in [9.17, 15) is 0 Å². The minimum Gasteiger partial charge on any atom is -1.00 e. The van der Waals surface area contributed by atoms with E-state index in [1.54, 1.807) is 0 Å². The summed E-state index contributed by atoms with van der Waals surface area (Å²) in [5, 5.41) is 0. The minimum atomic E-state index is 0. The van der Waals surface area contributed by atoms with Crippen molar-refractivity contribution in [1.29, 1.82) is 0 Å². The van der Waals surface area contributed by atoms with Crippen molar-refractivity contribution in [2.75, 3.05) is 0 Å². The van der Waals surface area contributed by atoms with E-state index in [-0.39, 0.29) is 77.9 Å². The Hall–Kier alpha value is 2.40. The third-order valence-corrected chi connectivity index (χ3v) is 0. The van der Waals surface area contributed by atoms with Crippen molar-refractivity contribution >= 4 is 13.5 Å². The first-order chi connectivity index (χ1) is 0. The minimum absolute atomic E-state index is 0. The molecule has 0 aromatic rings. The van der Waals surface area contributed by atoms with Gasteiger partial charge < -0.3 is 1.43 Å². The molecule has 0 saturated carbocycles. The molecule has 0 aromatic carbocycles. The van der Waals surface area contributed by atoms with E-state index in [2.05, 4.69) is 0 Å². The van der Waals surface area contributed by atoms with Crippen molar-refractivity contribution in [3.63, 3.8) is 0 Å². The summed E-state index contributed by atoms with van der Waals surface area (Å²) in [4.78, 5) is 0. The molecule has 0 N–H and O–H groups in total. The van der Waals surface area contributed by atoms with Crippen LogP contribution in [-0.4, -0.2) is 0 Å². The van der Waals surface area contributed by atoms with E-state index in [0.29, 0.717) is 0 Å². The molecule has 0 rings (SSSR count). The number of rotatable bonds is 0. The maximum absolute atomic E-state index is 0. The number of hydrogen-bond donors (Lipinski definition) is 0. The van der Waals surface area contributed by atoms with Crippen LogP contribution in [0.15, 0.2) is 0 Å². The second-order valence-electron chi connectivity index (χ2n) is 0. The van der Waals surface area contributed by atoms with Crippen molar-refractivity contribution in [3.8, 4) is 0 Å². The molecule has 0 aliphatic heterocycles.